The molecule has 5 atom stereocenters. The fraction of sp³-hybridized carbons (Fsp3) is 0.521. The molecule has 14 nitrogen and oxygen atoms in total. The van der Waals surface area contributed by atoms with E-state index in [1.54, 1.807) is 9.80 Å². The van der Waals surface area contributed by atoms with Crippen molar-refractivity contribution < 1.29 is 38.2 Å². The third-order valence-corrected chi connectivity index (χ3v) is 13.7. The predicted octanol–water partition coefficient (Wildman–Crippen LogP) is 7.55. The highest BCUT2D eigenvalue weighted by Gasteiger charge is 2.65. The number of nitrogens with zero attached hydrogens (tertiary/aromatic N) is 2. The van der Waals surface area contributed by atoms with Crippen LogP contribution in [0.1, 0.15) is 102 Å². The summed E-state index contributed by atoms with van der Waals surface area (Å²) >= 11 is 0. The largest absolute Gasteiger partial charge is 0.453 e. The lowest BCUT2D eigenvalue weighted by Crippen LogP contribution is -2.54. The molecule has 4 N–H and O–H groups in total. The molecular formula is C48H60N6O8. The number of amides is 5. The van der Waals surface area contributed by atoms with Crippen LogP contribution in [0.15, 0.2) is 60.7 Å². The lowest BCUT2D eigenvalue weighted by atomic mass is 9.63. The van der Waals surface area contributed by atoms with Crippen LogP contribution in [0.4, 0.5) is 21.0 Å². The maximum absolute atomic E-state index is 13.7. The Hall–Kier alpha value is -5.63. The summed E-state index contributed by atoms with van der Waals surface area (Å²) in [6, 6.07) is 18.9. The second kappa shape index (κ2) is 17.6. The molecule has 4 fully saturated rings. The van der Waals surface area contributed by atoms with Gasteiger partial charge in [-0.3, -0.25) is 14.4 Å². The van der Waals surface area contributed by atoms with E-state index < -0.39 is 36.0 Å². The van der Waals surface area contributed by atoms with Gasteiger partial charge in [-0.05, 0) is 126 Å². The van der Waals surface area contributed by atoms with Crippen molar-refractivity contribution in [2.24, 2.45) is 11.8 Å². The Labute approximate surface area is 363 Å². The van der Waals surface area contributed by atoms with Crippen LogP contribution in [0.25, 0.3) is 22.3 Å². The Kier molecular flexibility index (Phi) is 12.2. The number of benzene rings is 3. The normalized spacial score (nSPS) is 24.4. The molecular weight excluding hydrogens is 789 g/mol. The van der Waals surface area contributed by atoms with Gasteiger partial charge in [-0.2, -0.15) is 0 Å². The number of anilines is 2. The summed E-state index contributed by atoms with van der Waals surface area (Å²) in [4.78, 5) is 68.2. The van der Waals surface area contributed by atoms with Crippen molar-refractivity contribution >= 4 is 41.3 Å². The van der Waals surface area contributed by atoms with E-state index in [-0.39, 0.29) is 35.8 Å². The zero-order chi connectivity index (χ0) is 43.9. The number of nitrogens with one attached hydrogen (secondary N) is 4. The molecule has 3 aromatic rings. The standard InChI is InChI=1S/C48H60N6O8/c1-27(2)40(51-46(58)60-5)43(56)53-25-7-9-37(53)42(55)49-33-18-14-29(15-19-33)35-22-23-36(39-32-12-10-31(11-13-32)38(35)39)30-16-20-34(21-17-30)50-45-48(62-45)24-8-26-54(48)44(57)41(28(3)4)52-47(59)61-6/h14-23,27-28,31-32,37,40-41,45,50H,7-13,24-26H2,1-6H3,(H,49,55)(H,51,58)(H,52,59)/t31?,32?,37-,40-,41-,45?,48?/m0/s1. The smallest absolute Gasteiger partial charge is 0.407 e. The summed E-state index contributed by atoms with van der Waals surface area (Å²) in [5.41, 5.74) is 8.46. The van der Waals surface area contributed by atoms with Crippen molar-refractivity contribution in [3.63, 3.8) is 0 Å². The molecule has 0 radical (unpaired) electrons. The van der Waals surface area contributed by atoms with Gasteiger partial charge in [-0.15, -0.1) is 0 Å². The van der Waals surface area contributed by atoms with Crippen LogP contribution in [0.2, 0.25) is 0 Å². The number of alkyl carbamates (subject to hydrolysis) is 2. The van der Waals surface area contributed by atoms with Gasteiger partial charge < -0.3 is 45.3 Å². The Morgan fingerprint density at radius 3 is 1.69 bits per heavy atom. The molecule has 1 spiro atoms. The van der Waals surface area contributed by atoms with E-state index in [0.29, 0.717) is 43.5 Å². The van der Waals surface area contributed by atoms with E-state index in [2.05, 4.69) is 69.8 Å². The number of hydrogen-bond donors (Lipinski definition) is 4. The fourth-order valence-corrected chi connectivity index (χ4v) is 10.4. The second-order valence-electron chi connectivity index (χ2n) is 18.2. The van der Waals surface area contributed by atoms with Crippen molar-refractivity contribution in [3.8, 4) is 22.3 Å². The number of hydrogen-bond acceptors (Lipinski definition) is 9. The van der Waals surface area contributed by atoms with Gasteiger partial charge in [-0.25, -0.2) is 9.59 Å². The SMILES string of the molecule is COC(=O)N[C@H](C(=O)N1CCC[C@H]1C(=O)Nc1ccc(-c2ccc(-c3ccc(NC4OC45CCCN5C(=O)[C@@H](NC(=O)OC)C(C)C)cc3)c3c2C2CCC3CC2)cc1)C(C)C. The van der Waals surface area contributed by atoms with E-state index in [1.807, 2.05) is 39.8 Å². The van der Waals surface area contributed by atoms with Gasteiger partial charge in [0.2, 0.25) is 17.7 Å². The minimum atomic E-state index is -0.791. The maximum Gasteiger partial charge on any atom is 0.407 e. The molecule has 9 rings (SSSR count). The highest BCUT2D eigenvalue weighted by Crippen LogP contribution is 2.55. The first-order chi connectivity index (χ1) is 29.8. The highest BCUT2D eigenvalue weighted by molar-refractivity contribution is 5.99. The van der Waals surface area contributed by atoms with E-state index in [1.165, 1.54) is 62.2 Å². The van der Waals surface area contributed by atoms with Crippen LogP contribution in [0.3, 0.4) is 0 Å². The maximum atomic E-state index is 13.7. The van der Waals surface area contributed by atoms with Crippen LogP contribution in [-0.2, 0) is 28.6 Å². The summed E-state index contributed by atoms with van der Waals surface area (Å²) in [7, 11) is 2.55. The minimum absolute atomic E-state index is 0.120. The molecule has 0 aromatic heterocycles. The number of likely N-dealkylation sites (tertiary alicyclic amines) is 2. The first-order valence-corrected chi connectivity index (χ1v) is 22.3. The lowest BCUT2D eigenvalue weighted by Gasteiger charge is -2.41. The summed E-state index contributed by atoms with van der Waals surface area (Å²) in [5, 5.41) is 11.9. The fourth-order valence-electron chi connectivity index (χ4n) is 10.4. The van der Waals surface area contributed by atoms with Crippen molar-refractivity contribution in [2.45, 2.75) is 121 Å². The zero-order valence-electron chi connectivity index (χ0n) is 36.6. The molecule has 3 saturated heterocycles. The van der Waals surface area contributed by atoms with Crippen LogP contribution >= 0.6 is 0 Å². The first kappa shape index (κ1) is 43.0. The van der Waals surface area contributed by atoms with Crippen molar-refractivity contribution in [1.29, 1.82) is 0 Å². The van der Waals surface area contributed by atoms with E-state index in [9.17, 15) is 24.0 Å². The molecule has 3 aliphatic heterocycles. The number of rotatable bonds is 12. The molecule has 6 aliphatic rings. The van der Waals surface area contributed by atoms with Crippen molar-refractivity contribution in [2.75, 3.05) is 37.9 Å². The molecule has 330 valence electrons. The molecule has 5 amide bonds. The quantitative estimate of drug-likeness (QED) is 0.134. The zero-order valence-corrected chi connectivity index (χ0v) is 36.6. The van der Waals surface area contributed by atoms with Gasteiger partial charge in [0.15, 0.2) is 12.0 Å². The second-order valence-corrected chi connectivity index (χ2v) is 18.2. The van der Waals surface area contributed by atoms with Crippen LogP contribution in [0.5, 0.6) is 0 Å². The van der Waals surface area contributed by atoms with E-state index >= 15 is 0 Å². The van der Waals surface area contributed by atoms with Gasteiger partial charge in [0.05, 0.1) is 14.2 Å². The molecule has 2 bridgehead atoms. The number of epoxide rings is 1. The minimum Gasteiger partial charge on any atom is -0.453 e. The lowest BCUT2D eigenvalue weighted by molar-refractivity contribution is -0.139. The topological polar surface area (TPSA) is 171 Å². The van der Waals surface area contributed by atoms with Gasteiger partial charge >= 0.3 is 12.2 Å². The molecule has 62 heavy (non-hydrogen) atoms. The summed E-state index contributed by atoms with van der Waals surface area (Å²) < 4.78 is 15.8. The molecule has 2 unspecified atom stereocenters. The van der Waals surface area contributed by atoms with Crippen molar-refractivity contribution in [3.05, 3.63) is 71.8 Å². The van der Waals surface area contributed by atoms with Gasteiger partial charge in [0.25, 0.3) is 0 Å². The average Bonchev–Trinajstić information content (AvgIpc) is 3.56. The van der Waals surface area contributed by atoms with E-state index in [0.717, 1.165) is 29.7 Å². The summed E-state index contributed by atoms with van der Waals surface area (Å²) in [6.45, 7) is 8.52. The number of methoxy groups -OCH3 is 2. The average molecular weight is 849 g/mol. The number of carbonyl (C=O) groups excluding carboxylic acids is 5. The highest BCUT2D eigenvalue weighted by atomic mass is 16.7. The van der Waals surface area contributed by atoms with Gasteiger partial charge in [0.1, 0.15) is 18.1 Å². The number of ether oxygens (including phenoxy) is 3. The molecule has 3 aromatic carbocycles. The van der Waals surface area contributed by atoms with E-state index in [4.69, 9.17) is 14.2 Å². The number of carbonyl (C=O) groups is 5. The Morgan fingerprint density at radius 2 is 1.18 bits per heavy atom. The van der Waals surface area contributed by atoms with Crippen molar-refractivity contribution in [1.82, 2.24) is 20.4 Å². The third-order valence-electron chi connectivity index (χ3n) is 13.7. The number of fused-ring (bicyclic) bond motifs is 2. The monoisotopic (exact) mass is 848 g/mol. The molecule has 1 saturated carbocycles. The van der Waals surface area contributed by atoms with Gasteiger partial charge in [0, 0.05) is 30.9 Å². The third kappa shape index (κ3) is 8.21. The Balaban J connectivity index is 0.958. The Bertz CT molecular complexity index is 2190. The van der Waals surface area contributed by atoms with Crippen LogP contribution in [-0.4, -0.2) is 97.1 Å². The first-order valence-electron chi connectivity index (χ1n) is 22.3. The molecule has 14 heteroatoms. The van der Waals surface area contributed by atoms with Crippen LogP contribution in [0, 0.1) is 11.8 Å². The Morgan fingerprint density at radius 1 is 0.661 bits per heavy atom. The molecule has 3 aliphatic carbocycles. The summed E-state index contributed by atoms with van der Waals surface area (Å²) in [5.74, 6) is -0.0157. The predicted molar refractivity (Wildman–Crippen MR) is 235 cm³/mol. The summed E-state index contributed by atoms with van der Waals surface area (Å²) in [6.07, 6.45) is 5.83. The van der Waals surface area contributed by atoms with Crippen LogP contribution < -0.4 is 21.3 Å². The van der Waals surface area contributed by atoms with Gasteiger partial charge in [-0.1, -0.05) is 64.1 Å². The molecule has 3 heterocycles.